The van der Waals surface area contributed by atoms with Gasteiger partial charge in [-0.1, -0.05) is 35.3 Å². The van der Waals surface area contributed by atoms with Crippen molar-refractivity contribution in [1.29, 1.82) is 0 Å². The van der Waals surface area contributed by atoms with Crippen molar-refractivity contribution in [2.24, 2.45) is 5.73 Å². The molecule has 1 heterocycles. The van der Waals surface area contributed by atoms with E-state index in [0.29, 0.717) is 16.5 Å². The first-order chi connectivity index (χ1) is 8.58. The molecule has 0 saturated carbocycles. The fourth-order valence-corrected chi connectivity index (χ4v) is 2.11. The summed E-state index contributed by atoms with van der Waals surface area (Å²) in [5.74, 6) is 0. The van der Waals surface area contributed by atoms with Crippen molar-refractivity contribution in [3.63, 3.8) is 0 Å². The third-order valence-electron chi connectivity index (χ3n) is 2.90. The molecule has 1 atom stereocenters. The number of hydrogen-bond acceptors (Lipinski definition) is 2. The molecule has 1 aromatic heterocycles. The molecule has 94 valence electrons. The first-order valence-electron chi connectivity index (χ1n) is 5.69. The Hall–Kier alpha value is -1.09. The third-order valence-corrected chi connectivity index (χ3v) is 3.64. The van der Waals surface area contributed by atoms with E-state index in [0.717, 1.165) is 16.8 Å². The molecule has 2 aromatic rings. The summed E-state index contributed by atoms with van der Waals surface area (Å²) in [6, 6.07) is 9.30. The van der Waals surface area contributed by atoms with Gasteiger partial charge in [-0.05, 0) is 36.2 Å². The van der Waals surface area contributed by atoms with Crippen LogP contribution in [-0.2, 0) is 6.42 Å². The van der Waals surface area contributed by atoms with Gasteiger partial charge in [0.25, 0.3) is 0 Å². The minimum absolute atomic E-state index is 0.131. The molecule has 0 radical (unpaired) electrons. The van der Waals surface area contributed by atoms with Crippen LogP contribution in [0.4, 0.5) is 0 Å². The van der Waals surface area contributed by atoms with Crippen LogP contribution >= 0.6 is 23.2 Å². The Balaban J connectivity index is 2.19. The highest BCUT2D eigenvalue weighted by Crippen LogP contribution is 2.26. The van der Waals surface area contributed by atoms with Crippen LogP contribution in [0.3, 0.4) is 0 Å². The number of benzene rings is 1. The lowest BCUT2D eigenvalue weighted by atomic mass is 10.0. The van der Waals surface area contributed by atoms with Crippen LogP contribution in [0.15, 0.2) is 36.5 Å². The van der Waals surface area contributed by atoms with Crippen molar-refractivity contribution in [3.8, 4) is 0 Å². The molecule has 0 amide bonds. The van der Waals surface area contributed by atoms with Crippen molar-refractivity contribution in [2.75, 3.05) is 0 Å². The molecule has 0 aliphatic heterocycles. The van der Waals surface area contributed by atoms with Gasteiger partial charge in [-0.2, -0.15) is 0 Å². The highest BCUT2D eigenvalue weighted by molar-refractivity contribution is 6.42. The van der Waals surface area contributed by atoms with Gasteiger partial charge in [0.15, 0.2) is 0 Å². The van der Waals surface area contributed by atoms with Crippen LogP contribution in [0.1, 0.15) is 22.9 Å². The first-order valence-corrected chi connectivity index (χ1v) is 6.44. The molecular weight excluding hydrogens is 267 g/mol. The van der Waals surface area contributed by atoms with Gasteiger partial charge >= 0.3 is 0 Å². The highest BCUT2D eigenvalue weighted by atomic mass is 35.5. The van der Waals surface area contributed by atoms with Crippen molar-refractivity contribution in [3.05, 3.63) is 63.4 Å². The summed E-state index contributed by atoms with van der Waals surface area (Å²) in [5.41, 5.74) is 9.30. The summed E-state index contributed by atoms with van der Waals surface area (Å²) in [5, 5.41) is 1.07. The van der Waals surface area contributed by atoms with E-state index in [4.69, 9.17) is 28.9 Å². The number of pyridine rings is 1. The first kappa shape index (κ1) is 13.3. The molecule has 0 fully saturated rings. The second kappa shape index (κ2) is 5.70. The van der Waals surface area contributed by atoms with Crippen LogP contribution in [-0.4, -0.2) is 4.98 Å². The van der Waals surface area contributed by atoms with Crippen molar-refractivity contribution < 1.29 is 0 Å². The van der Waals surface area contributed by atoms with E-state index in [2.05, 4.69) is 4.98 Å². The number of aromatic nitrogens is 1. The largest absolute Gasteiger partial charge is 0.324 e. The van der Waals surface area contributed by atoms with Gasteiger partial charge in [0, 0.05) is 24.4 Å². The highest BCUT2D eigenvalue weighted by Gasteiger charge is 2.11. The molecule has 0 bridgehead atoms. The zero-order valence-corrected chi connectivity index (χ0v) is 11.5. The quantitative estimate of drug-likeness (QED) is 0.925. The molecule has 2 nitrogen and oxygen atoms in total. The van der Waals surface area contributed by atoms with Gasteiger partial charge < -0.3 is 5.73 Å². The summed E-state index contributed by atoms with van der Waals surface area (Å²) in [4.78, 5) is 4.34. The van der Waals surface area contributed by atoms with Crippen LogP contribution in [0.5, 0.6) is 0 Å². The second-order valence-corrected chi connectivity index (χ2v) is 5.07. The smallest absolute Gasteiger partial charge is 0.0595 e. The SMILES string of the molecule is Cc1cccnc1CC(N)c1ccc(Cl)c(Cl)c1. The second-order valence-electron chi connectivity index (χ2n) is 4.25. The van der Waals surface area contributed by atoms with Gasteiger partial charge in [-0.15, -0.1) is 0 Å². The molecule has 1 aromatic carbocycles. The summed E-state index contributed by atoms with van der Waals surface area (Å²) in [6.45, 7) is 2.03. The summed E-state index contributed by atoms with van der Waals surface area (Å²) in [6.07, 6.45) is 2.47. The molecule has 2 rings (SSSR count). The topological polar surface area (TPSA) is 38.9 Å². The van der Waals surface area contributed by atoms with E-state index in [1.807, 2.05) is 31.2 Å². The Bertz CT molecular complexity index is 555. The van der Waals surface area contributed by atoms with E-state index in [9.17, 15) is 0 Å². The minimum Gasteiger partial charge on any atom is -0.324 e. The summed E-state index contributed by atoms with van der Waals surface area (Å²) < 4.78 is 0. The molecule has 0 aliphatic carbocycles. The maximum absolute atomic E-state index is 6.17. The lowest BCUT2D eigenvalue weighted by molar-refractivity contribution is 0.703. The summed E-state index contributed by atoms with van der Waals surface area (Å²) in [7, 11) is 0. The molecule has 0 spiro atoms. The van der Waals surface area contributed by atoms with Gasteiger partial charge in [0.1, 0.15) is 0 Å². The molecular formula is C14H14Cl2N2. The van der Waals surface area contributed by atoms with E-state index < -0.39 is 0 Å². The molecule has 18 heavy (non-hydrogen) atoms. The van der Waals surface area contributed by atoms with E-state index in [1.54, 1.807) is 12.3 Å². The zero-order valence-electron chi connectivity index (χ0n) is 10.0. The predicted octanol–water partition coefficient (Wildman–Crippen LogP) is 3.94. The maximum atomic E-state index is 6.17. The Morgan fingerprint density at radius 3 is 2.67 bits per heavy atom. The average molecular weight is 281 g/mol. The van der Waals surface area contributed by atoms with Crippen molar-refractivity contribution in [2.45, 2.75) is 19.4 Å². The Labute approximate surface area is 117 Å². The number of aryl methyl sites for hydroxylation is 1. The monoisotopic (exact) mass is 280 g/mol. The van der Waals surface area contributed by atoms with E-state index in [-0.39, 0.29) is 6.04 Å². The van der Waals surface area contributed by atoms with Crippen LogP contribution in [0, 0.1) is 6.92 Å². The molecule has 2 N–H and O–H groups in total. The number of hydrogen-bond donors (Lipinski definition) is 1. The zero-order chi connectivity index (χ0) is 13.1. The molecule has 1 unspecified atom stereocenters. The van der Waals surface area contributed by atoms with Crippen LogP contribution < -0.4 is 5.73 Å². The van der Waals surface area contributed by atoms with Gasteiger partial charge in [-0.25, -0.2) is 0 Å². The van der Waals surface area contributed by atoms with Gasteiger partial charge in [-0.3, -0.25) is 4.98 Å². The van der Waals surface area contributed by atoms with E-state index in [1.165, 1.54) is 0 Å². The number of rotatable bonds is 3. The predicted molar refractivity (Wildman–Crippen MR) is 76.1 cm³/mol. The Morgan fingerprint density at radius 2 is 2.00 bits per heavy atom. The van der Waals surface area contributed by atoms with E-state index >= 15 is 0 Å². The van der Waals surface area contributed by atoms with Gasteiger partial charge in [0.05, 0.1) is 10.0 Å². The third kappa shape index (κ3) is 3.02. The van der Waals surface area contributed by atoms with Gasteiger partial charge in [0.2, 0.25) is 0 Å². The minimum atomic E-state index is -0.131. The Kier molecular flexibility index (Phi) is 4.23. The maximum Gasteiger partial charge on any atom is 0.0595 e. The number of nitrogens with zero attached hydrogens (tertiary/aromatic N) is 1. The number of nitrogens with two attached hydrogens (primary N) is 1. The van der Waals surface area contributed by atoms with Crippen LogP contribution in [0.25, 0.3) is 0 Å². The normalized spacial score (nSPS) is 12.4. The fraction of sp³-hybridized carbons (Fsp3) is 0.214. The lowest BCUT2D eigenvalue weighted by Crippen LogP contribution is -2.14. The molecule has 4 heteroatoms. The van der Waals surface area contributed by atoms with Crippen LogP contribution in [0.2, 0.25) is 10.0 Å². The fourth-order valence-electron chi connectivity index (χ4n) is 1.80. The standard InChI is InChI=1S/C14H14Cl2N2/c1-9-3-2-6-18-14(9)8-13(17)10-4-5-11(15)12(16)7-10/h2-7,13H,8,17H2,1H3. The number of halogens is 2. The van der Waals surface area contributed by atoms with Crippen molar-refractivity contribution in [1.82, 2.24) is 4.98 Å². The van der Waals surface area contributed by atoms with Crippen molar-refractivity contribution >= 4 is 23.2 Å². The lowest BCUT2D eigenvalue weighted by Gasteiger charge is -2.13. The summed E-state index contributed by atoms with van der Waals surface area (Å²) >= 11 is 11.9. The average Bonchev–Trinajstić information content (AvgIpc) is 2.35. The Morgan fingerprint density at radius 1 is 1.22 bits per heavy atom. The molecule has 0 saturated heterocycles. The molecule has 0 aliphatic rings.